The molecule has 6 heteroatoms. The van der Waals surface area contributed by atoms with Crippen molar-refractivity contribution < 1.29 is 19.4 Å². The molecule has 1 aliphatic heterocycles. The summed E-state index contributed by atoms with van der Waals surface area (Å²) in [5, 5.41) is 11.6. The molecule has 30 heavy (non-hydrogen) atoms. The highest BCUT2D eigenvalue weighted by atomic mass is 35.5. The zero-order chi connectivity index (χ0) is 20.7. The van der Waals surface area contributed by atoms with Crippen LogP contribution in [0.5, 0.6) is 0 Å². The Morgan fingerprint density at radius 2 is 1.80 bits per heavy atom. The van der Waals surface area contributed by atoms with Gasteiger partial charge in [0, 0.05) is 19.0 Å². The fourth-order valence-electron chi connectivity index (χ4n) is 4.19. The maximum Gasteiger partial charge on any atom is 0.344 e. The highest BCUT2D eigenvalue weighted by molar-refractivity contribution is 5.85. The number of esters is 1. The molecule has 0 aromatic heterocycles. The van der Waals surface area contributed by atoms with Crippen LogP contribution in [0.1, 0.15) is 51.5 Å². The second-order valence-electron chi connectivity index (χ2n) is 8.56. The van der Waals surface area contributed by atoms with Crippen LogP contribution in [0.3, 0.4) is 0 Å². The quantitative estimate of drug-likeness (QED) is 0.566. The Balaban J connectivity index is 0.00000320. The highest BCUT2D eigenvalue weighted by Gasteiger charge is 2.48. The third-order valence-electron chi connectivity index (χ3n) is 5.86. The number of aliphatic hydroxyl groups is 1. The van der Waals surface area contributed by atoms with E-state index in [9.17, 15) is 9.90 Å². The van der Waals surface area contributed by atoms with Crippen molar-refractivity contribution in [2.75, 3.05) is 32.8 Å². The van der Waals surface area contributed by atoms with E-state index in [4.69, 9.17) is 9.47 Å². The molecule has 5 nitrogen and oxygen atoms in total. The van der Waals surface area contributed by atoms with Crippen LogP contribution < -0.4 is 0 Å². The second kappa shape index (κ2) is 11.2. The molecule has 1 aromatic carbocycles. The van der Waals surface area contributed by atoms with Gasteiger partial charge in [0.1, 0.15) is 0 Å². The topological polar surface area (TPSA) is 59.0 Å². The van der Waals surface area contributed by atoms with E-state index < -0.39 is 17.2 Å². The van der Waals surface area contributed by atoms with Crippen molar-refractivity contribution in [3.8, 4) is 11.8 Å². The number of hydrogen-bond donors (Lipinski definition) is 1. The van der Waals surface area contributed by atoms with Crippen molar-refractivity contribution in [3.63, 3.8) is 0 Å². The Morgan fingerprint density at radius 3 is 2.43 bits per heavy atom. The molecule has 1 aliphatic carbocycles. The van der Waals surface area contributed by atoms with Crippen molar-refractivity contribution in [1.29, 1.82) is 0 Å². The third-order valence-corrected chi connectivity index (χ3v) is 5.86. The summed E-state index contributed by atoms with van der Waals surface area (Å²) in [6.45, 7) is 7.37. The third kappa shape index (κ3) is 6.21. The molecule has 3 rings (SSSR count). The van der Waals surface area contributed by atoms with Crippen LogP contribution in [0.2, 0.25) is 0 Å². The molecule has 0 spiro atoms. The van der Waals surface area contributed by atoms with Crippen molar-refractivity contribution in [1.82, 2.24) is 4.90 Å². The highest BCUT2D eigenvalue weighted by Crippen LogP contribution is 2.41. The van der Waals surface area contributed by atoms with Crippen LogP contribution >= 0.6 is 12.4 Å². The summed E-state index contributed by atoms with van der Waals surface area (Å²) in [4.78, 5) is 15.5. The van der Waals surface area contributed by atoms with Gasteiger partial charge in [-0.3, -0.25) is 4.90 Å². The molecule has 1 N–H and O–H groups in total. The zero-order valence-corrected chi connectivity index (χ0v) is 18.9. The number of carbonyl (C=O) groups excluding carboxylic acids is 1. The van der Waals surface area contributed by atoms with Gasteiger partial charge in [-0.2, -0.15) is 0 Å². The lowest BCUT2D eigenvalue weighted by Crippen LogP contribution is -2.47. The number of rotatable bonds is 5. The Morgan fingerprint density at radius 1 is 1.17 bits per heavy atom. The fraction of sp³-hybridized carbons (Fsp3) is 0.625. The molecule has 1 heterocycles. The number of ether oxygens (including phenoxy) is 2. The largest absolute Gasteiger partial charge is 0.444 e. The van der Waals surface area contributed by atoms with E-state index >= 15 is 0 Å². The van der Waals surface area contributed by atoms with E-state index in [0.717, 1.165) is 58.4 Å². The average Bonchev–Trinajstić information content (AvgIpc) is 2.74. The predicted octanol–water partition coefficient (Wildman–Crippen LogP) is 3.53. The van der Waals surface area contributed by atoms with Crippen molar-refractivity contribution in [2.24, 2.45) is 5.92 Å². The number of morpholine rings is 1. The van der Waals surface area contributed by atoms with E-state index in [0.29, 0.717) is 12.1 Å². The lowest BCUT2D eigenvalue weighted by atomic mass is 9.73. The molecule has 2 aliphatic rings. The van der Waals surface area contributed by atoms with Crippen LogP contribution in [-0.4, -0.2) is 54.4 Å². The first-order chi connectivity index (χ1) is 13.9. The molecule has 1 atom stereocenters. The van der Waals surface area contributed by atoms with Gasteiger partial charge in [-0.1, -0.05) is 61.4 Å². The van der Waals surface area contributed by atoms with Crippen LogP contribution in [0, 0.1) is 17.8 Å². The molecular formula is C24H34ClNO4. The van der Waals surface area contributed by atoms with Gasteiger partial charge in [0.2, 0.25) is 0 Å². The first kappa shape index (κ1) is 24.7. The summed E-state index contributed by atoms with van der Waals surface area (Å²) >= 11 is 0. The lowest BCUT2D eigenvalue weighted by molar-refractivity contribution is -0.184. The summed E-state index contributed by atoms with van der Waals surface area (Å²) in [6, 6.07) is 9.21. The average molecular weight is 436 g/mol. The molecule has 0 amide bonds. The Labute approximate surface area is 186 Å². The molecule has 1 saturated heterocycles. The molecule has 0 radical (unpaired) electrons. The predicted molar refractivity (Wildman–Crippen MR) is 119 cm³/mol. The number of halogens is 1. The summed E-state index contributed by atoms with van der Waals surface area (Å²) in [5.41, 5.74) is -2.00. The van der Waals surface area contributed by atoms with Gasteiger partial charge in [-0.25, -0.2) is 4.79 Å². The van der Waals surface area contributed by atoms with Gasteiger partial charge in [0.15, 0.2) is 11.2 Å². The van der Waals surface area contributed by atoms with E-state index in [2.05, 4.69) is 16.7 Å². The van der Waals surface area contributed by atoms with Gasteiger partial charge in [-0.05, 0) is 32.3 Å². The van der Waals surface area contributed by atoms with Gasteiger partial charge in [-0.15, -0.1) is 12.4 Å². The van der Waals surface area contributed by atoms with Crippen LogP contribution in [-0.2, 0) is 19.9 Å². The number of nitrogens with zero attached hydrogens (tertiary/aromatic N) is 1. The molecule has 1 aromatic rings. The molecule has 2 fully saturated rings. The van der Waals surface area contributed by atoms with E-state index in [1.807, 2.05) is 30.3 Å². The first-order valence-electron chi connectivity index (χ1n) is 10.7. The fourth-order valence-corrected chi connectivity index (χ4v) is 4.19. The maximum absolute atomic E-state index is 13.3. The van der Waals surface area contributed by atoms with Crippen LogP contribution in [0.4, 0.5) is 0 Å². The number of hydrogen-bond acceptors (Lipinski definition) is 5. The Hall–Kier alpha value is -1.58. The standard InChI is InChI=1S/C24H33NO4.ClH/c1-23(2,14-9-15-25-16-18-28-19-17-25)29-22(26)24(27,20-10-5-3-6-11-20)21-12-7-4-8-13-21;/h3,5-6,10-11,21,27H,4,7-8,12-13,15-19H2,1-2H3;1H. The first-order valence-corrected chi connectivity index (χ1v) is 10.7. The number of carbonyl (C=O) groups is 1. The zero-order valence-electron chi connectivity index (χ0n) is 18.1. The van der Waals surface area contributed by atoms with Gasteiger partial charge >= 0.3 is 5.97 Å². The Bertz CT molecular complexity index is 731. The minimum Gasteiger partial charge on any atom is -0.444 e. The van der Waals surface area contributed by atoms with Crippen molar-refractivity contribution in [3.05, 3.63) is 35.9 Å². The van der Waals surface area contributed by atoms with Crippen LogP contribution in [0.15, 0.2) is 30.3 Å². The second-order valence-corrected chi connectivity index (χ2v) is 8.56. The van der Waals surface area contributed by atoms with Crippen molar-refractivity contribution >= 4 is 18.4 Å². The van der Waals surface area contributed by atoms with E-state index in [-0.39, 0.29) is 18.3 Å². The van der Waals surface area contributed by atoms with Gasteiger partial charge in [0.05, 0.1) is 19.8 Å². The van der Waals surface area contributed by atoms with Gasteiger partial charge < -0.3 is 14.6 Å². The normalized spacial score (nSPS) is 20.2. The number of benzene rings is 1. The van der Waals surface area contributed by atoms with Gasteiger partial charge in [0.25, 0.3) is 0 Å². The minimum absolute atomic E-state index is 0. The molecule has 166 valence electrons. The smallest absolute Gasteiger partial charge is 0.344 e. The van der Waals surface area contributed by atoms with Crippen LogP contribution in [0.25, 0.3) is 0 Å². The SMILES string of the molecule is CC(C)(C#CCN1CCOCC1)OC(=O)C(O)(c1ccccc1)C1CCCCC1.Cl. The molecular weight excluding hydrogens is 402 g/mol. The monoisotopic (exact) mass is 435 g/mol. The maximum atomic E-state index is 13.3. The summed E-state index contributed by atoms with van der Waals surface area (Å²) in [7, 11) is 0. The minimum atomic E-state index is -1.63. The summed E-state index contributed by atoms with van der Waals surface area (Å²) in [6.07, 6.45) is 4.84. The molecule has 1 saturated carbocycles. The summed E-state index contributed by atoms with van der Waals surface area (Å²) < 4.78 is 11.1. The lowest BCUT2D eigenvalue weighted by Gasteiger charge is -2.38. The van der Waals surface area contributed by atoms with Crippen molar-refractivity contribution in [2.45, 2.75) is 57.2 Å². The van der Waals surface area contributed by atoms with E-state index in [1.165, 1.54) is 0 Å². The van der Waals surface area contributed by atoms with E-state index in [1.54, 1.807) is 13.8 Å². The summed E-state index contributed by atoms with van der Waals surface area (Å²) in [5.74, 6) is 5.48. The Kier molecular flexibility index (Phi) is 9.18. The molecule has 1 unspecified atom stereocenters. The molecule has 0 bridgehead atoms.